The quantitative estimate of drug-likeness (QED) is 0.731. The molecule has 2 aromatic carbocycles. The first-order valence-corrected chi connectivity index (χ1v) is 9.18. The van der Waals surface area contributed by atoms with Crippen LogP contribution in [0.1, 0.15) is 18.1 Å². The molecule has 0 spiro atoms. The number of pyridine rings is 1. The number of aromatic nitrogens is 1. The number of fused-ring (bicyclic) bond motifs is 1. The van der Waals surface area contributed by atoms with Crippen LogP contribution in [0, 0.1) is 0 Å². The van der Waals surface area contributed by atoms with Gasteiger partial charge in [0.25, 0.3) is 5.91 Å². The van der Waals surface area contributed by atoms with Crippen molar-refractivity contribution in [1.29, 1.82) is 0 Å². The molecule has 1 atom stereocenters. The Morgan fingerprint density at radius 3 is 2.78 bits per heavy atom. The number of carbonyl (C=O) groups excluding carboxylic acids is 1. The second-order valence-corrected chi connectivity index (χ2v) is 7.27. The van der Waals surface area contributed by atoms with Crippen molar-refractivity contribution in [3.63, 3.8) is 0 Å². The fourth-order valence-corrected chi connectivity index (χ4v) is 3.56. The van der Waals surface area contributed by atoms with Crippen molar-refractivity contribution in [2.45, 2.75) is 25.5 Å². The number of benzene rings is 2. The molecule has 0 radical (unpaired) electrons. The zero-order chi connectivity index (χ0) is 18.9. The molecule has 1 aliphatic heterocycles. The number of nitrogens with one attached hydrogen (secondary N) is 1. The summed E-state index contributed by atoms with van der Waals surface area (Å²) in [5.74, 6) is 0.358. The standard InChI is InChI=1S/C22H19ClN2O2/c1-22(21(26)25-14-15-6-5-9-17(23)12-15)13-19-18(10-11-24-20(19)27-22)16-7-3-2-4-8-16/h2-12H,13-14H2,1H3,(H,25,26). The molecule has 136 valence electrons. The van der Waals surface area contributed by atoms with E-state index < -0.39 is 5.60 Å². The summed E-state index contributed by atoms with van der Waals surface area (Å²) in [7, 11) is 0. The summed E-state index contributed by atoms with van der Waals surface area (Å²) in [4.78, 5) is 17.2. The minimum absolute atomic E-state index is 0.167. The molecule has 5 heteroatoms. The number of rotatable bonds is 4. The Kier molecular flexibility index (Phi) is 4.58. The van der Waals surface area contributed by atoms with Crippen molar-refractivity contribution in [3.05, 3.63) is 83.0 Å². The van der Waals surface area contributed by atoms with Gasteiger partial charge >= 0.3 is 0 Å². The highest BCUT2D eigenvalue weighted by atomic mass is 35.5. The van der Waals surface area contributed by atoms with Crippen molar-refractivity contribution in [2.75, 3.05) is 0 Å². The zero-order valence-corrected chi connectivity index (χ0v) is 15.7. The van der Waals surface area contributed by atoms with E-state index in [0.717, 1.165) is 22.3 Å². The summed E-state index contributed by atoms with van der Waals surface area (Å²) in [5, 5.41) is 3.60. The monoisotopic (exact) mass is 378 g/mol. The van der Waals surface area contributed by atoms with E-state index in [1.54, 1.807) is 13.1 Å². The summed E-state index contributed by atoms with van der Waals surface area (Å²) in [5.41, 5.74) is 3.05. The zero-order valence-electron chi connectivity index (χ0n) is 14.9. The summed E-state index contributed by atoms with van der Waals surface area (Å²) in [6.07, 6.45) is 2.19. The van der Waals surface area contributed by atoms with E-state index in [1.807, 2.05) is 60.7 Å². The Morgan fingerprint density at radius 2 is 2.00 bits per heavy atom. The Balaban J connectivity index is 1.53. The number of hydrogen-bond acceptors (Lipinski definition) is 3. The first-order chi connectivity index (χ1) is 13.0. The smallest absolute Gasteiger partial charge is 0.264 e. The predicted molar refractivity (Wildman–Crippen MR) is 106 cm³/mol. The first kappa shape index (κ1) is 17.6. The van der Waals surface area contributed by atoms with Gasteiger partial charge in [0.2, 0.25) is 5.88 Å². The number of hydrogen-bond donors (Lipinski definition) is 1. The normalized spacial score (nSPS) is 17.9. The molecule has 1 N–H and O–H groups in total. The molecular formula is C22H19ClN2O2. The van der Waals surface area contributed by atoms with Crippen LogP contribution in [0.2, 0.25) is 5.02 Å². The number of halogens is 1. The van der Waals surface area contributed by atoms with Crippen molar-refractivity contribution < 1.29 is 9.53 Å². The van der Waals surface area contributed by atoms with Gasteiger partial charge in [0.1, 0.15) is 0 Å². The predicted octanol–water partition coefficient (Wildman–Crippen LogP) is 4.41. The molecule has 0 saturated carbocycles. The third-order valence-corrected chi connectivity index (χ3v) is 4.99. The van der Waals surface area contributed by atoms with Gasteiger partial charge in [-0.2, -0.15) is 0 Å². The fourth-order valence-electron chi connectivity index (χ4n) is 3.35. The van der Waals surface area contributed by atoms with E-state index in [2.05, 4.69) is 10.3 Å². The van der Waals surface area contributed by atoms with Gasteiger partial charge in [-0.1, -0.05) is 54.1 Å². The van der Waals surface area contributed by atoms with Gasteiger partial charge < -0.3 is 10.1 Å². The van der Waals surface area contributed by atoms with Gasteiger partial charge in [-0.05, 0) is 41.8 Å². The molecule has 1 amide bonds. The van der Waals surface area contributed by atoms with Crippen LogP contribution in [0.25, 0.3) is 11.1 Å². The van der Waals surface area contributed by atoms with Crippen molar-refractivity contribution in [1.82, 2.24) is 10.3 Å². The summed E-state index contributed by atoms with van der Waals surface area (Å²) < 4.78 is 5.98. The SMILES string of the molecule is CC1(C(=O)NCc2cccc(Cl)c2)Cc2c(-c3ccccc3)ccnc2O1. The molecule has 1 aliphatic rings. The number of nitrogens with zero attached hydrogens (tertiary/aromatic N) is 1. The molecule has 27 heavy (non-hydrogen) atoms. The third kappa shape index (κ3) is 3.53. The average Bonchev–Trinajstić information content (AvgIpc) is 3.04. The first-order valence-electron chi connectivity index (χ1n) is 8.80. The van der Waals surface area contributed by atoms with Gasteiger partial charge in [0.05, 0.1) is 0 Å². The van der Waals surface area contributed by atoms with Crippen LogP contribution in [-0.4, -0.2) is 16.5 Å². The largest absolute Gasteiger partial charge is 0.461 e. The maximum Gasteiger partial charge on any atom is 0.264 e. The summed E-state index contributed by atoms with van der Waals surface area (Å²) >= 11 is 6.01. The van der Waals surface area contributed by atoms with E-state index in [9.17, 15) is 4.79 Å². The number of carbonyl (C=O) groups is 1. The van der Waals surface area contributed by atoms with Crippen LogP contribution in [0.15, 0.2) is 66.9 Å². The Hall–Kier alpha value is -2.85. The molecule has 0 bridgehead atoms. The Labute approximate surface area is 163 Å². The van der Waals surface area contributed by atoms with Gasteiger partial charge in [0, 0.05) is 29.7 Å². The molecule has 3 aromatic rings. The van der Waals surface area contributed by atoms with Gasteiger partial charge in [0.15, 0.2) is 5.60 Å². The molecule has 4 rings (SSSR count). The molecule has 0 fully saturated rings. The second-order valence-electron chi connectivity index (χ2n) is 6.83. The summed E-state index contributed by atoms with van der Waals surface area (Å²) in [6, 6.07) is 19.5. The molecule has 0 saturated heterocycles. The number of ether oxygens (including phenoxy) is 1. The van der Waals surface area contributed by atoms with Crippen LogP contribution in [0.3, 0.4) is 0 Å². The molecular weight excluding hydrogens is 360 g/mol. The maximum absolute atomic E-state index is 12.8. The van der Waals surface area contributed by atoms with Gasteiger partial charge in [-0.25, -0.2) is 4.98 Å². The van der Waals surface area contributed by atoms with Crippen molar-refractivity contribution in [3.8, 4) is 17.0 Å². The van der Waals surface area contributed by atoms with E-state index in [4.69, 9.17) is 16.3 Å². The molecule has 0 aliphatic carbocycles. The van der Waals surface area contributed by atoms with Crippen LogP contribution in [0.4, 0.5) is 0 Å². The van der Waals surface area contributed by atoms with Gasteiger partial charge in [-0.3, -0.25) is 4.79 Å². The van der Waals surface area contributed by atoms with Crippen LogP contribution in [0.5, 0.6) is 5.88 Å². The minimum atomic E-state index is -0.987. The fraction of sp³-hybridized carbons (Fsp3) is 0.182. The van der Waals surface area contributed by atoms with E-state index in [1.165, 1.54) is 0 Å². The van der Waals surface area contributed by atoms with E-state index in [0.29, 0.717) is 23.9 Å². The Bertz CT molecular complexity index is 991. The topological polar surface area (TPSA) is 51.2 Å². The highest BCUT2D eigenvalue weighted by Gasteiger charge is 2.43. The molecule has 1 aromatic heterocycles. The lowest BCUT2D eigenvalue weighted by molar-refractivity contribution is -0.134. The van der Waals surface area contributed by atoms with Crippen LogP contribution in [-0.2, 0) is 17.8 Å². The summed E-state index contributed by atoms with van der Waals surface area (Å²) in [6.45, 7) is 2.20. The molecule has 1 unspecified atom stereocenters. The number of amides is 1. The van der Waals surface area contributed by atoms with E-state index >= 15 is 0 Å². The molecule has 2 heterocycles. The lowest BCUT2D eigenvalue weighted by atomic mass is 9.93. The van der Waals surface area contributed by atoms with E-state index in [-0.39, 0.29) is 5.91 Å². The maximum atomic E-state index is 12.8. The lowest BCUT2D eigenvalue weighted by Gasteiger charge is -2.22. The highest BCUT2D eigenvalue weighted by Crippen LogP contribution is 2.39. The van der Waals surface area contributed by atoms with Crippen LogP contribution < -0.4 is 10.1 Å². The average molecular weight is 379 g/mol. The van der Waals surface area contributed by atoms with Crippen molar-refractivity contribution >= 4 is 17.5 Å². The highest BCUT2D eigenvalue weighted by molar-refractivity contribution is 6.30. The minimum Gasteiger partial charge on any atom is -0.461 e. The van der Waals surface area contributed by atoms with Gasteiger partial charge in [-0.15, -0.1) is 0 Å². The van der Waals surface area contributed by atoms with Crippen molar-refractivity contribution in [2.24, 2.45) is 0 Å². The second kappa shape index (κ2) is 7.05. The van der Waals surface area contributed by atoms with Crippen LogP contribution >= 0.6 is 11.6 Å². The lowest BCUT2D eigenvalue weighted by Crippen LogP contribution is -2.47. The Morgan fingerprint density at radius 1 is 1.19 bits per heavy atom. The third-order valence-electron chi connectivity index (χ3n) is 4.76. The molecule has 4 nitrogen and oxygen atoms in total.